The van der Waals surface area contributed by atoms with Crippen LogP contribution in [0.3, 0.4) is 0 Å². The van der Waals surface area contributed by atoms with Gasteiger partial charge in [-0.25, -0.2) is 4.79 Å². The van der Waals surface area contributed by atoms with E-state index in [9.17, 15) is 4.79 Å². The molecule has 0 unspecified atom stereocenters. The van der Waals surface area contributed by atoms with Crippen molar-refractivity contribution in [2.75, 3.05) is 7.11 Å². The summed E-state index contributed by atoms with van der Waals surface area (Å²) in [4.78, 5) is 22.6. The van der Waals surface area contributed by atoms with Crippen molar-refractivity contribution in [1.29, 1.82) is 0 Å². The quantitative estimate of drug-likeness (QED) is 0.408. The number of hydrogen-bond acceptors (Lipinski definition) is 7. The van der Waals surface area contributed by atoms with Crippen LogP contribution in [0.25, 0.3) is 5.69 Å². The third-order valence-electron chi connectivity index (χ3n) is 4.10. The number of tetrazole rings is 1. The van der Waals surface area contributed by atoms with E-state index in [2.05, 4.69) is 20.7 Å². The highest BCUT2D eigenvalue weighted by Crippen LogP contribution is 2.23. The van der Waals surface area contributed by atoms with Gasteiger partial charge in [0.15, 0.2) is 0 Å². The van der Waals surface area contributed by atoms with Crippen molar-refractivity contribution >= 4 is 34.6 Å². The van der Waals surface area contributed by atoms with Crippen LogP contribution in [0.4, 0.5) is 0 Å². The second kappa shape index (κ2) is 9.55. The van der Waals surface area contributed by atoms with Gasteiger partial charge in [0.05, 0.1) is 5.69 Å². The summed E-state index contributed by atoms with van der Waals surface area (Å²) < 4.78 is 2.26. The second-order valence-electron chi connectivity index (χ2n) is 6.11. The summed E-state index contributed by atoms with van der Waals surface area (Å²) in [6, 6.07) is 12.2. The molecule has 0 saturated heterocycles. The number of aryl methyl sites for hydroxylation is 1. The second-order valence-corrected chi connectivity index (χ2v) is 6.96. The van der Waals surface area contributed by atoms with E-state index in [-0.39, 0.29) is 6.61 Å². The predicted molar refractivity (Wildman–Crippen MR) is 115 cm³/mol. The number of rotatable bonds is 7. The Morgan fingerprint density at radius 3 is 2.47 bits per heavy atom. The molecule has 156 valence electrons. The molecule has 0 atom stereocenters. The van der Waals surface area contributed by atoms with E-state index in [1.54, 1.807) is 49.4 Å². The fourth-order valence-corrected chi connectivity index (χ4v) is 2.97. The van der Waals surface area contributed by atoms with Crippen molar-refractivity contribution in [3.05, 3.63) is 74.1 Å². The number of benzene rings is 2. The average Bonchev–Trinajstić information content (AvgIpc) is 3.06. The average molecular weight is 449 g/mol. The highest BCUT2D eigenvalue weighted by molar-refractivity contribution is 6.47. The van der Waals surface area contributed by atoms with Crippen molar-refractivity contribution in [3.8, 4) is 5.69 Å². The number of halogens is 2. The maximum atomic E-state index is 12.2. The Morgan fingerprint density at radius 2 is 1.83 bits per heavy atom. The third kappa shape index (κ3) is 4.69. The largest absolute Gasteiger partial charge is 0.399 e. The lowest BCUT2D eigenvalue weighted by atomic mass is 10.1. The SMILES string of the molecule is CO/N=C(\C(C)=N\OCc1c(Cl)cccc1-n1nnn(C)c1=O)c1ccc(Cl)cc1. The van der Waals surface area contributed by atoms with E-state index in [1.807, 2.05) is 0 Å². The molecule has 0 N–H and O–H groups in total. The van der Waals surface area contributed by atoms with Crippen LogP contribution in [-0.2, 0) is 23.3 Å². The number of oxime groups is 2. The summed E-state index contributed by atoms with van der Waals surface area (Å²) in [6.07, 6.45) is 0. The van der Waals surface area contributed by atoms with E-state index < -0.39 is 5.69 Å². The molecule has 0 saturated carbocycles. The molecule has 0 aliphatic carbocycles. The molecule has 1 aromatic heterocycles. The maximum Gasteiger partial charge on any atom is 0.368 e. The highest BCUT2D eigenvalue weighted by Gasteiger charge is 2.15. The molecular weight excluding hydrogens is 431 g/mol. The standard InChI is InChI=1S/C19H18Cl2N6O3/c1-12(18(23-29-3)13-7-9-14(20)10-8-13)22-30-11-15-16(21)5-4-6-17(15)27-19(28)26(2)24-25-27/h4-10H,11H2,1-3H3/b22-12+,23-18+. The Morgan fingerprint density at radius 1 is 1.10 bits per heavy atom. The first kappa shape index (κ1) is 21.5. The molecule has 0 radical (unpaired) electrons. The molecule has 0 fully saturated rings. The van der Waals surface area contributed by atoms with Gasteiger partial charge in [0.2, 0.25) is 0 Å². The van der Waals surface area contributed by atoms with Gasteiger partial charge in [-0.1, -0.05) is 51.7 Å². The first-order valence-electron chi connectivity index (χ1n) is 8.73. The van der Waals surface area contributed by atoms with E-state index in [0.717, 1.165) is 14.9 Å². The van der Waals surface area contributed by atoms with Gasteiger partial charge in [0.1, 0.15) is 25.1 Å². The topological polar surface area (TPSA) is 95.9 Å². The van der Waals surface area contributed by atoms with Crippen LogP contribution in [0.5, 0.6) is 0 Å². The zero-order valence-electron chi connectivity index (χ0n) is 16.4. The normalized spacial score (nSPS) is 12.2. The lowest BCUT2D eigenvalue weighted by molar-refractivity contribution is 0.130. The summed E-state index contributed by atoms with van der Waals surface area (Å²) in [7, 11) is 2.95. The number of hydrogen-bond donors (Lipinski definition) is 0. The molecule has 11 heteroatoms. The van der Waals surface area contributed by atoms with Crippen LogP contribution in [0.1, 0.15) is 18.1 Å². The van der Waals surface area contributed by atoms with Crippen molar-refractivity contribution in [3.63, 3.8) is 0 Å². The summed E-state index contributed by atoms with van der Waals surface area (Å²) >= 11 is 12.3. The summed E-state index contributed by atoms with van der Waals surface area (Å²) in [5.74, 6) is 0. The zero-order chi connectivity index (χ0) is 21.7. The molecule has 9 nitrogen and oxygen atoms in total. The van der Waals surface area contributed by atoms with Gasteiger partial charge in [-0.15, -0.1) is 0 Å². The first-order valence-corrected chi connectivity index (χ1v) is 9.48. The maximum absolute atomic E-state index is 12.2. The Kier molecular flexibility index (Phi) is 6.86. The lowest BCUT2D eigenvalue weighted by Crippen LogP contribution is -2.23. The van der Waals surface area contributed by atoms with Gasteiger partial charge in [-0.05, 0) is 41.6 Å². The lowest BCUT2D eigenvalue weighted by Gasteiger charge is -2.10. The Labute approximate surface area is 182 Å². The summed E-state index contributed by atoms with van der Waals surface area (Å²) in [6.45, 7) is 1.73. The molecule has 0 spiro atoms. The van der Waals surface area contributed by atoms with Crippen molar-refractivity contribution in [2.24, 2.45) is 17.4 Å². The van der Waals surface area contributed by atoms with Crippen LogP contribution < -0.4 is 5.69 Å². The van der Waals surface area contributed by atoms with E-state index in [4.69, 9.17) is 32.9 Å². The molecule has 3 aromatic rings. The van der Waals surface area contributed by atoms with Gasteiger partial charge in [-0.2, -0.15) is 9.36 Å². The molecular formula is C19H18Cl2N6O3. The van der Waals surface area contributed by atoms with Crippen LogP contribution in [0.15, 0.2) is 57.6 Å². The number of aromatic nitrogens is 4. The van der Waals surface area contributed by atoms with Gasteiger partial charge < -0.3 is 9.68 Å². The molecule has 0 aliphatic heterocycles. The molecule has 2 aromatic carbocycles. The van der Waals surface area contributed by atoms with Gasteiger partial charge >= 0.3 is 5.69 Å². The molecule has 30 heavy (non-hydrogen) atoms. The molecule has 0 bridgehead atoms. The number of nitrogens with zero attached hydrogens (tertiary/aromatic N) is 6. The fraction of sp³-hybridized carbons (Fsp3) is 0.211. The fourth-order valence-electron chi connectivity index (χ4n) is 2.62. The Hall–Kier alpha value is -3.17. The van der Waals surface area contributed by atoms with Crippen molar-refractivity contribution in [2.45, 2.75) is 13.5 Å². The van der Waals surface area contributed by atoms with Crippen LogP contribution in [0.2, 0.25) is 10.0 Å². The molecule has 3 rings (SSSR count). The molecule has 1 heterocycles. The molecule has 0 aliphatic rings. The highest BCUT2D eigenvalue weighted by atomic mass is 35.5. The van der Waals surface area contributed by atoms with Crippen LogP contribution >= 0.6 is 23.2 Å². The van der Waals surface area contributed by atoms with Crippen LogP contribution in [-0.4, -0.2) is 38.3 Å². The van der Waals surface area contributed by atoms with E-state index in [1.165, 1.54) is 14.2 Å². The minimum Gasteiger partial charge on any atom is -0.399 e. The third-order valence-corrected chi connectivity index (χ3v) is 4.70. The smallest absolute Gasteiger partial charge is 0.368 e. The summed E-state index contributed by atoms with van der Waals surface area (Å²) in [5.41, 5.74) is 2.31. The Bertz CT molecular complexity index is 1150. The monoisotopic (exact) mass is 448 g/mol. The predicted octanol–water partition coefficient (Wildman–Crippen LogP) is 3.22. The Balaban J connectivity index is 1.85. The van der Waals surface area contributed by atoms with E-state index in [0.29, 0.717) is 32.7 Å². The minimum absolute atomic E-state index is 0.00373. The summed E-state index contributed by atoms with van der Waals surface area (Å²) in [5, 5.41) is 16.7. The van der Waals surface area contributed by atoms with Crippen LogP contribution in [0, 0.1) is 0 Å². The van der Waals surface area contributed by atoms with Crippen molar-refractivity contribution < 1.29 is 9.68 Å². The van der Waals surface area contributed by atoms with Gasteiger partial charge in [-0.3, -0.25) is 0 Å². The van der Waals surface area contributed by atoms with Crippen molar-refractivity contribution in [1.82, 2.24) is 19.8 Å². The van der Waals surface area contributed by atoms with E-state index >= 15 is 0 Å². The molecule has 0 amide bonds. The minimum atomic E-state index is -0.407. The van der Waals surface area contributed by atoms with Gasteiger partial charge in [0, 0.05) is 28.2 Å². The first-order chi connectivity index (χ1) is 14.4. The zero-order valence-corrected chi connectivity index (χ0v) is 17.9. The van der Waals surface area contributed by atoms with Gasteiger partial charge in [0.25, 0.3) is 0 Å².